The lowest BCUT2D eigenvalue weighted by molar-refractivity contribution is 0.144. The van der Waals surface area contributed by atoms with Crippen molar-refractivity contribution in [1.29, 1.82) is 0 Å². The van der Waals surface area contributed by atoms with Gasteiger partial charge in [0, 0.05) is 19.3 Å². The third-order valence-electron chi connectivity index (χ3n) is 4.22. The van der Waals surface area contributed by atoms with Gasteiger partial charge in [-0.3, -0.25) is 4.90 Å². The Morgan fingerprint density at radius 1 is 1.38 bits per heavy atom. The molecule has 0 radical (unpaired) electrons. The van der Waals surface area contributed by atoms with Crippen molar-refractivity contribution < 1.29 is 14.0 Å². The van der Waals surface area contributed by atoms with E-state index in [1.807, 2.05) is 12.1 Å². The second-order valence-electron chi connectivity index (χ2n) is 6.14. The van der Waals surface area contributed by atoms with Gasteiger partial charge in [0.25, 0.3) is 0 Å². The van der Waals surface area contributed by atoms with Crippen molar-refractivity contribution in [1.82, 2.24) is 20.0 Å². The fourth-order valence-corrected chi connectivity index (χ4v) is 3.05. The number of hydrogen-bond acceptors (Lipinski definition) is 7. The Labute approximate surface area is 142 Å². The van der Waals surface area contributed by atoms with Gasteiger partial charge in [-0.05, 0) is 45.4 Å². The summed E-state index contributed by atoms with van der Waals surface area (Å²) in [4.78, 5) is 11.3. The summed E-state index contributed by atoms with van der Waals surface area (Å²) in [5, 5.41) is 4.15. The number of methoxy groups -OCH3 is 1. The quantitative estimate of drug-likeness (QED) is 0.722. The third-order valence-corrected chi connectivity index (χ3v) is 4.22. The molecule has 0 unspecified atom stereocenters. The molecule has 0 aliphatic carbocycles. The maximum Gasteiger partial charge on any atom is 0.244 e. The van der Waals surface area contributed by atoms with Crippen LogP contribution >= 0.6 is 0 Å². The summed E-state index contributed by atoms with van der Waals surface area (Å²) < 4.78 is 16.2. The van der Waals surface area contributed by atoms with E-state index < -0.39 is 0 Å². The average Bonchev–Trinajstić information content (AvgIpc) is 3.24. The average molecular weight is 332 g/mol. The van der Waals surface area contributed by atoms with Crippen LogP contribution in [0, 0.1) is 0 Å². The predicted octanol–water partition coefficient (Wildman–Crippen LogP) is 2.70. The molecule has 130 valence electrons. The summed E-state index contributed by atoms with van der Waals surface area (Å²) in [6.07, 6.45) is 3.88. The summed E-state index contributed by atoms with van der Waals surface area (Å²) in [5.41, 5.74) is 0.734. The molecule has 3 heterocycles. The van der Waals surface area contributed by atoms with Crippen LogP contribution in [0.3, 0.4) is 0 Å². The van der Waals surface area contributed by atoms with Crippen LogP contribution in [0.1, 0.15) is 38.6 Å². The van der Waals surface area contributed by atoms with Gasteiger partial charge in [0.2, 0.25) is 17.6 Å². The predicted molar refractivity (Wildman–Crippen MR) is 88.7 cm³/mol. The Morgan fingerprint density at radius 2 is 2.25 bits per heavy atom. The van der Waals surface area contributed by atoms with Crippen LogP contribution in [0.2, 0.25) is 0 Å². The van der Waals surface area contributed by atoms with Crippen LogP contribution < -0.4 is 4.74 Å². The molecule has 24 heavy (non-hydrogen) atoms. The zero-order chi connectivity index (χ0) is 16.9. The van der Waals surface area contributed by atoms with Gasteiger partial charge in [-0.1, -0.05) is 5.16 Å². The van der Waals surface area contributed by atoms with Gasteiger partial charge in [0.1, 0.15) is 6.61 Å². The highest BCUT2D eigenvalue weighted by atomic mass is 16.5. The topological polar surface area (TPSA) is 73.5 Å². The smallest absolute Gasteiger partial charge is 0.244 e. The molecule has 1 atom stereocenters. The maximum atomic E-state index is 5.66. The molecule has 7 nitrogen and oxygen atoms in total. The number of nitrogens with zero attached hydrogens (tertiary/aromatic N) is 4. The molecule has 2 aromatic rings. The van der Waals surface area contributed by atoms with Crippen molar-refractivity contribution in [3.8, 4) is 17.3 Å². The Balaban J connectivity index is 1.81. The highest BCUT2D eigenvalue weighted by Crippen LogP contribution is 2.34. The lowest BCUT2D eigenvalue weighted by atomic mass is 10.2. The minimum Gasteiger partial charge on any atom is -0.475 e. The van der Waals surface area contributed by atoms with Gasteiger partial charge >= 0.3 is 0 Å². The Bertz CT molecular complexity index is 659. The van der Waals surface area contributed by atoms with Gasteiger partial charge in [-0.15, -0.1) is 0 Å². The number of likely N-dealkylation sites (tertiary alicyclic amines) is 1. The Kier molecular flexibility index (Phi) is 5.42. The fraction of sp³-hybridized carbons (Fsp3) is 0.588. The largest absolute Gasteiger partial charge is 0.475 e. The molecule has 0 saturated carbocycles. The Hall–Kier alpha value is -1.99. The van der Waals surface area contributed by atoms with Crippen molar-refractivity contribution >= 4 is 0 Å². The first-order chi connectivity index (χ1) is 11.7. The lowest BCUT2D eigenvalue weighted by Gasteiger charge is -2.25. The molecule has 0 amide bonds. The van der Waals surface area contributed by atoms with Crippen LogP contribution in [0.15, 0.2) is 22.9 Å². The van der Waals surface area contributed by atoms with Crippen LogP contribution in [-0.4, -0.2) is 52.9 Å². The molecular formula is C17H24N4O3. The summed E-state index contributed by atoms with van der Waals surface area (Å²) >= 11 is 0. The van der Waals surface area contributed by atoms with E-state index in [1.54, 1.807) is 13.3 Å². The molecule has 2 aromatic heterocycles. The first-order valence-electron chi connectivity index (χ1n) is 8.37. The highest BCUT2D eigenvalue weighted by Gasteiger charge is 2.32. The molecule has 1 fully saturated rings. The first-order valence-corrected chi connectivity index (χ1v) is 8.37. The number of pyridine rings is 1. The van der Waals surface area contributed by atoms with E-state index in [1.165, 1.54) is 0 Å². The van der Waals surface area contributed by atoms with Crippen molar-refractivity contribution in [3.05, 3.63) is 24.2 Å². The molecule has 1 aliphatic rings. The summed E-state index contributed by atoms with van der Waals surface area (Å²) in [7, 11) is 1.64. The van der Waals surface area contributed by atoms with Gasteiger partial charge in [-0.2, -0.15) is 4.98 Å². The van der Waals surface area contributed by atoms with Gasteiger partial charge in [0.05, 0.1) is 18.2 Å². The number of rotatable bonds is 7. The van der Waals surface area contributed by atoms with E-state index in [-0.39, 0.29) is 6.04 Å². The van der Waals surface area contributed by atoms with Crippen molar-refractivity contribution in [2.24, 2.45) is 0 Å². The molecule has 3 rings (SSSR count). The van der Waals surface area contributed by atoms with E-state index >= 15 is 0 Å². The summed E-state index contributed by atoms with van der Waals surface area (Å²) in [6, 6.07) is 4.38. The standard InChI is InChI=1S/C17H24N4O3/c1-12(2)21-9-5-7-14(21)17-19-15(20-24-17)13-6-4-8-18-16(13)23-11-10-22-3/h4,6,8,12,14H,5,7,9-11H2,1-3H3/t14-/m0/s1. The monoisotopic (exact) mass is 332 g/mol. The molecule has 0 bridgehead atoms. The van der Waals surface area contributed by atoms with Gasteiger partial charge in [0.15, 0.2) is 0 Å². The minimum atomic E-state index is 0.195. The number of aromatic nitrogens is 3. The van der Waals surface area contributed by atoms with Crippen molar-refractivity contribution in [2.45, 2.75) is 38.8 Å². The normalized spacial score (nSPS) is 18.4. The molecule has 1 aliphatic heterocycles. The molecule has 0 aromatic carbocycles. The van der Waals surface area contributed by atoms with E-state index in [0.717, 1.165) is 24.9 Å². The fourth-order valence-electron chi connectivity index (χ4n) is 3.05. The van der Waals surface area contributed by atoms with Gasteiger partial charge in [-0.25, -0.2) is 4.98 Å². The van der Waals surface area contributed by atoms with Crippen LogP contribution in [-0.2, 0) is 4.74 Å². The second kappa shape index (κ2) is 7.72. The summed E-state index contributed by atoms with van der Waals surface area (Å²) in [6.45, 7) is 6.38. The zero-order valence-electron chi connectivity index (χ0n) is 14.4. The molecule has 0 spiro atoms. The molecular weight excluding hydrogens is 308 g/mol. The van der Waals surface area contributed by atoms with Crippen LogP contribution in [0.4, 0.5) is 0 Å². The van der Waals surface area contributed by atoms with E-state index in [9.17, 15) is 0 Å². The molecule has 7 heteroatoms. The molecule has 1 saturated heterocycles. The van der Waals surface area contributed by atoms with Crippen LogP contribution in [0.25, 0.3) is 11.4 Å². The number of ether oxygens (including phenoxy) is 2. The van der Waals surface area contributed by atoms with E-state index in [0.29, 0.717) is 36.9 Å². The molecule has 0 N–H and O–H groups in total. The second-order valence-corrected chi connectivity index (χ2v) is 6.14. The minimum absolute atomic E-state index is 0.195. The lowest BCUT2D eigenvalue weighted by Crippen LogP contribution is -2.30. The van der Waals surface area contributed by atoms with Gasteiger partial charge < -0.3 is 14.0 Å². The van der Waals surface area contributed by atoms with Crippen LogP contribution in [0.5, 0.6) is 5.88 Å². The SMILES string of the molecule is COCCOc1ncccc1-c1noc([C@@H]2CCCN2C(C)C)n1. The zero-order valence-corrected chi connectivity index (χ0v) is 14.4. The van der Waals surface area contributed by atoms with Crippen molar-refractivity contribution in [3.63, 3.8) is 0 Å². The first kappa shape index (κ1) is 16.9. The van der Waals surface area contributed by atoms with E-state index in [4.69, 9.17) is 14.0 Å². The van der Waals surface area contributed by atoms with E-state index in [2.05, 4.69) is 33.9 Å². The Morgan fingerprint density at radius 3 is 3.04 bits per heavy atom. The van der Waals surface area contributed by atoms with Crippen molar-refractivity contribution in [2.75, 3.05) is 26.9 Å². The number of hydrogen-bond donors (Lipinski definition) is 0. The maximum absolute atomic E-state index is 5.66. The third kappa shape index (κ3) is 3.57. The summed E-state index contributed by atoms with van der Waals surface area (Å²) in [5.74, 6) is 1.68. The highest BCUT2D eigenvalue weighted by molar-refractivity contribution is 5.60.